The minimum Gasteiger partial charge on any atom is -0.384 e. The van der Waals surface area contributed by atoms with Crippen LogP contribution < -0.4 is 0 Å². The van der Waals surface area contributed by atoms with E-state index in [4.69, 9.17) is 0 Å². The first-order valence-corrected chi connectivity index (χ1v) is 13.8. The average molecular weight is 486 g/mol. The van der Waals surface area contributed by atoms with Gasteiger partial charge < -0.3 is 10.1 Å². The largest absolute Gasteiger partial charge is 0.384 e. The van der Waals surface area contributed by atoms with Crippen LogP contribution in [0.3, 0.4) is 0 Å². The molecule has 0 aliphatic carbocycles. The average Bonchev–Trinajstić information content (AvgIpc) is 3.18. The van der Waals surface area contributed by atoms with Gasteiger partial charge in [0.05, 0.1) is 22.5 Å². The van der Waals surface area contributed by atoms with Crippen molar-refractivity contribution in [3.8, 4) is 11.1 Å². The number of aromatic nitrogens is 2. The number of H-pyrrole nitrogens is 1. The second kappa shape index (κ2) is 8.43. The number of aryl methyl sites for hydroxylation is 1. The van der Waals surface area contributed by atoms with Gasteiger partial charge in [-0.2, -0.15) is 0 Å². The number of halogens is 1. The minimum atomic E-state index is -2.90. The Morgan fingerprint density at radius 2 is 1.82 bits per heavy atom. The zero-order valence-electron chi connectivity index (χ0n) is 19.9. The highest BCUT2D eigenvalue weighted by Crippen LogP contribution is 2.44. The second-order valence-electron chi connectivity index (χ2n) is 10.2. The van der Waals surface area contributed by atoms with E-state index in [1.165, 1.54) is 6.20 Å². The van der Waals surface area contributed by atoms with E-state index < -0.39 is 15.4 Å². The highest BCUT2D eigenvalue weighted by atomic mass is 32.2. The normalized spacial score (nSPS) is 28.4. The van der Waals surface area contributed by atoms with Crippen molar-refractivity contribution in [3.05, 3.63) is 53.6 Å². The molecule has 0 amide bonds. The Kier molecular flexibility index (Phi) is 5.81. The van der Waals surface area contributed by atoms with Crippen LogP contribution >= 0.6 is 0 Å². The van der Waals surface area contributed by atoms with Crippen molar-refractivity contribution >= 4 is 20.9 Å². The van der Waals surface area contributed by atoms with Crippen molar-refractivity contribution in [1.82, 2.24) is 14.9 Å². The molecular weight excluding hydrogens is 453 g/mol. The van der Waals surface area contributed by atoms with Gasteiger partial charge in [0.25, 0.3) is 0 Å². The fraction of sp³-hybridized carbons (Fsp3) is 0.500. The van der Waals surface area contributed by atoms with E-state index >= 15 is 0 Å². The van der Waals surface area contributed by atoms with Crippen LogP contribution in [0, 0.1) is 24.6 Å². The Morgan fingerprint density at radius 1 is 1.15 bits per heavy atom. The summed E-state index contributed by atoms with van der Waals surface area (Å²) in [5, 5.41) is 12.5. The number of nitrogens with zero attached hydrogens (tertiary/aromatic N) is 2. The summed E-state index contributed by atoms with van der Waals surface area (Å²) in [5.41, 5.74) is 3.05. The highest BCUT2D eigenvalue weighted by molar-refractivity contribution is 7.91. The van der Waals surface area contributed by atoms with Crippen LogP contribution in [0.4, 0.5) is 4.39 Å². The summed E-state index contributed by atoms with van der Waals surface area (Å²) in [4.78, 5) is 9.46. The molecule has 2 N–H and O–H groups in total. The van der Waals surface area contributed by atoms with E-state index in [0.29, 0.717) is 23.9 Å². The number of piperidine rings is 1. The molecule has 2 aliphatic rings. The summed E-state index contributed by atoms with van der Waals surface area (Å²) in [6.07, 6.45) is 4.33. The predicted octanol–water partition coefficient (Wildman–Crippen LogP) is 4.03. The number of benzene rings is 1. The molecule has 1 unspecified atom stereocenters. The standard InChI is InChI=1S/C26H32FN3O3S/c1-16-12-19(21-6-9-28-25-24(21)23(27)13-29-25)4-5-22(16)26(31)17(2)14-30(15-18(26)3)20-7-10-34(32,33)11-8-20/h4-6,9,12-13,17-18,20,31H,7-8,10-11,14-15H2,1-3H3,(H,28,29)/t17-,18+,26?. The molecule has 4 heterocycles. The number of nitrogens with one attached hydrogen (secondary N) is 1. The first kappa shape index (κ1) is 23.5. The lowest BCUT2D eigenvalue weighted by molar-refractivity contribution is -0.121. The molecule has 3 atom stereocenters. The molecule has 2 fully saturated rings. The molecular formula is C26H32FN3O3S. The SMILES string of the molecule is Cc1cc(-c2ccnc3[nH]cc(F)c23)ccc1C1(O)[C@H](C)CN(C2CCS(=O)(=O)CC2)C[C@@H]1C. The minimum absolute atomic E-state index is 0.0194. The van der Waals surface area contributed by atoms with E-state index in [0.717, 1.165) is 35.3 Å². The molecule has 3 aromatic rings. The molecule has 1 aromatic carbocycles. The van der Waals surface area contributed by atoms with E-state index in [-0.39, 0.29) is 35.2 Å². The second-order valence-corrected chi connectivity index (χ2v) is 12.5. The summed E-state index contributed by atoms with van der Waals surface area (Å²) in [5.74, 6) is 0.143. The zero-order chi connectivity index (χ0) is 24.3. The highest BCUT2D eigenvalue weighted by Gasteiger charge is 2.48. The van der Waals surface area contributed by atoms with Gasteiger partial charge in [-0.25, -0.2) is 17.8 Å². The molecule has 2 aromatic heterocycles. The third-order valence-corrected chi connectivity index (χ3v) is 9.77. The van der Waals surface area contributed by atoms with Gasteiger partial charge in [0.2, 0.25) is 0 Å². The van der Waals surface area contributed by atoms with E-state index in [1.54, 1.807) is 6.20 Å². The lowest BCUT2D eigenvalue weighted by Crippen LogP contribution is -2.58. The third-order valence-electron chi connectivity index (χ3n) is 8.05. The maximum Gasteiger partial charge on any atom is 0.150 e. The molecule has 0 spiro atoms. The van der Waals surface area contributed by atoms with Gasteiger partial charge in [0, 0.05) is 43.4 Å². The first-order chi connectivity index (χ1) is 16.1. The van der Waals surface area contributed by atoms with Gasteiger partial charge >= 0.3 is 0 Å². The van der Waals surface area contributed by atoms with Crippen molar-refractivity contribution in [2.45, 2.75) is 45.3 Å². The third kappa shape index (κ3) is 3.85. The predicted molar refractivity (Wildman–Crippen MR) is 132 cm³/mol. The van der Waals surface area contributed by atoms with Crippen LogP contribution in [-0.2, 0) is 15.4 Å². The van der Waals surface area contributed by atoms with Gasteiger partial charge in [-0.05, 0) is 48.1 Å². The first-order valence-electron chi connectivity index (χ1n) is 12.0. The number of fused-ring (bicyclic) bond motifs is 1. The summed E-state index contributed by atoms with van der Waals surface area (Å²) >= 11 is 0. The van der Waals surface area contributed by atoms with E-state index in [2.05, 4.69) is 28.7 Å². The lowest BCUT2D eigenvalue weighted by Gasteiger charge is -2.51. The Hall–Kier alpha value is -2.29. The van der Waals surface area contributed by atoms with Crippen LogP contribution in [0.25, 0.3) is 22.2 Å². The molecule has 2 aliphatic heterocycles. The molecule has 0 radical (unpaired) electrons. The summed E-state index contributed by atoms with van der Waals surface area (Å²) in [6.45, 7) is 7.62. The van der Waals surface area contributed by atoms with Gasteiger partial charge in [-0.3, -0.25) is 4.90 Å². The van der Waals surface area contributed by atoms with Crippen LogP contribution in [0.5, 0.6) is 0 Å². The van der Waals surface area contributed by atoms with Gasteiger partial charge in [0.1, 0.15) is 15.5 Å². The van der Waals surface area contributed by atoms with Crippen molar-refractivity contribution in [2.24, 2.45) is 11.8 Å². The van der Waals surface area contributed by atoms with Crippen molar-refractivity contribution < 1.29 is 17.9 Å². The molecule has 34 heavy (non-hydrogen) atoms. The number of sulfone groups is 1. The number of aliphatic hydroxyl groups is 1. The number of hydrogen-bond acceptors (Lipinski definition) is 5. The zero-order valence-corrected chi connectivity index (χ0v) is 20.7. The Balaban J connectivity index is 1.43. The maximum absolute atomic E-state index is 14.4. The number of hydrogen-bond donors (Lipinski definition) is 2. The smallest absolute Gasteiger partial charge is 0.150 e. The van der Waals surface area contributed by atoms with Crippen LogP contribution in [0.2, 0.25) is 0 Å². The Morgan fingerprint density at radius 3 is 2.47 bits per heavy atom. The number of likely N-dealkylation sites (tertiary alicyclic amines) is 1. The molecule has 0 saturated carbocycles. The molecule has 0 bridgehead atoms. The summed E-state index contributed by atoms with van der Waals surface area (Å²) < 4.78 is 38.1. The molecule has 8 heteroatoms. The van der Waals surface area contributed by atoms with Crippen molar-refractivity contribution in [1.29, 1.82) is 0 Å². The molecule has 2 saturated heterocycles. The van der Waals surface area contributed by atoms with E-state index in [9.17, 15) is 17.9 Å². The van der Waals surface area contributed by atoms with Gasteiger partial charge in [-0.15, -0.1) is 0 Å². The summed E-state index contributed by atoms with van der Waals surface area (Å²) in [7, 11) is -2.90. The number of aromatic amines is 1. The topological polar surface area (TPSA) is 86.3 Å². The Bertz CT molecular complexity index is 1310. The van der Waals surface area contributed by atoms with Crippen LogP contribution in [0.15, 0.2) is 36.7 Å². The molecule has 6 nitrogen and oxygen atoms in total. The quantitative estimate of drug-likeness (QED) is 0.585. The molecule has 5 rings (SSSR count). The van der Waals surface area contributed by atoms with Crippen LogP contribution in [0.1, 0.15) is 37.8 Å². The molecule has 182 valence electrons. The lowest BCUT2D eigenvalue weighted by atomic mass is 9.69. The van der Waals surface area contributed by atoms with Crippen LogP contribution in [-0.4, -0.2) is 59.0 Å². The van der Waals surface area contributed by atoms with E-state index in [1.807, 2.05) is 31.2 Å². The maximum atomic E-state index is 14.4. The fourth-order valence-electron chi connectivity index (χ4n) is 6.15. The number of rotatable bonds is 3. The summed E-state index contributed by atoms with van der Waals surface area (Å²) in [6, 6.07) is 8.03. The Labute approximate surface area is 200 Å². The van der Waals surface area contributed by atoms with Gasteiger partial charge in [-0.1, -0.05) is 32.0 Å². The number of pyridine rings is 1. The van der Waals surface area contributed by atoms with Crippen molar-refractivity contribution in [2.75, 3.05) is 24.6 Å². The fourth-order valence-corrected chi connectivity index (χ4v) is 7.62. The van der Waals surface area contributed by atoms with Crippen molar-refractivity contribution in [3.63, 3.8) is 0 Å². The van der Waals surface area contributed by atoms with Gasteiger partial charge in [0.15, 0.2) is 5.82 Å². The monoisotopic (exact) mass is 485 g/mol.